The fraction of sp³-hybridized carbons (Fsp3) is 0.333. The Balaban J connectivity index is 2.10. The predicted molar refractivity (Wildman–Crippen MR) is 82.3 cm³/mol. The minimum atomic E-state index is -0.489. The van der Waals surface area contributed by atoms with Crippen molar-refractivity contribution in [1.29, 1.82) is 0 Å². The Morgan fingerprint density at radius 3 is 2.81 bits per heavy atom. The van der Waals surface area contributed by atoms with Crippen LogP contribution in [0.25, 0.3) is 0 Å². The molecule has 0 amide bonds. The van der Waals surface area contributed by atoms with Crippen molar-refractivity contribution in [2.45, 2.75) is 33.4 Å². The van der Waals surface area contributed by atoms with Gasteiger partial charge in [-0.15, -0.1) is 0 Å². The van der Waals surface area contributed by atoms with Crippen molar-refractivity contribution < 1.29 is 9.53 Å². The summed E-state index contributed by atoms with van der Waals surface area (Å²) in [7, 11) is 0. The first-order chi connectivity index (χ1) is 10.0. The van der Waals surface area contributed by atoms with Crippen LogP contribution in [0, 0.1) is 0 Å². The quantitative estimate of drug-likeness (QED) is 0.681. The second-order valence-corrected chi connectivity index (χ2v) is 5.04. The largest absolute Gasteiger partial charge is 0.456 e. The molecule has 0 fully saturated rings. The summed E-state index contributed by atoms with van der Waals surface area (Å²) >= 11 is 5.87. The van der Waals surface area contributed by atoms with Crippen LogP contribution >= 0.6 is 11.6 Å². The molecule has 2 aromatic rings. The molecule has 0 aliphatic heterocycles. The molecule has 0 aliphatic rings. The van der Waals surface area contributed by atoms with Crippen LogP contribution in [0.1, 0.15) is 35.6 Å². The number of hydrogen-bond acceptors (Lipinski definition) is 4. The number of rotatable bonds is 5. The monoisotopic (exact) mass is 307 g/mol. The highest BCUT2D eigenvalue weighted by atomic mass is 35.5. The van der Waals surface area contributed by atoms with Crippen LogP contribution < -0.4 is 5.73 Å². The molecular formula is C15H18ClN3O2. The van der Waals surface area contributed by atoms with Crippen LogP contribution in [0.3, 0.4) is 0 Å². The smallest absolute Gasteiger partial charge is 0.340 e. The molecule has 21 heavy (non-hydrogen) atoms. The molecule has 112 valence electrons. The molecule has 5 nitrogen and oxygen atoms in total. The van der Waals surface area contributed by atoms with Crippen molar-refractivity contribution in [2.75, 3.05) is 5.73 Å². The molecular weight excluding hydrogens is 290 g/mol. The van der Waals surface area contributed by atoms with Crippen molar-refractivity contribution in [3.63, 3.8) is 0 Å². The fourth-order valence-corrected chi connectivity index (χ4v) is 2.17. The zero-order chi connectivity index (χ0) is 15.4. The normalized spacial score (nSPS) is 10.6. The highest BCUT2D eigenvalue weighted by Crippen LogP contribution is 2.19. The number of esters is 1. The third kappa shape index (κ3) is 3.55. The van der Waals surface area contributed by atoms with Crippen molar-refractivity contribution in [3.05, 3.63) is 46.2 Å². The zero-order valence-electron chi connectivity index (χ0n) is 12.1. The van der Waals surface area contributed by atoms with E-state index in [1.165, 1.54) is 6.07 Å². The summed E-state index contributed by atoms with van der Waals surface area (Å²) in [5.74, 6) is -0.489. The molecule has 0 spiro atoms. The molecule has 2 N–H and O–H groups in total. The van der Waals surface area contributed by atoms with Crippen molar-refractivity contribution in [2.24, 2.45) is 0 Å². The van der Waals surface area contributed by atoms with Crippen LogP contribution in [0.5, 0.6) is 0 Å². The summed E-state index contributed by atoms with van der Waals surface area (Å²) in [4.78, 5) is 12.1. The average molecular weight is 308 g/mol. The number of ether oxygens (including phenoxy) is 1. The van der Waals surface area contributed by atoms with E-state index in [1.807, 2.05) is 24.6 Å². The second kappa shape index (κ2) is 6.63. The highest BCUT2D eigenvalue weighted by Gasteiger charge is 2.14. The van der Waals surface area contributed by atoms with Crippen molar-refractivity contribution in [1.82, 2.24) is 9.78 Å². The van der Waals surface area contributed by atoms with E-state index in [1.54, 1.807) is 12.1 Å². The van der Waals surface area contributed by atoms with Gasteiger partial charge in [0.2, 0.25) is 0 Å². The Hall–Kier alpha value is -2.01. The number of nitrogens with two attached hydrogens (primary N) is 1. The Kier molecular flexibility index (Phi) is 4.85. The van der Waals surface area contributed by atoms with Crippen LogP contribution in [0.4, 0.5) is 5.69 Å². The van der Waals surface area contributed by atoms with E-state index in [0.717, 1.165) is 24.4 Å². The van der Waals surface area contributed by atoms with E-state index in [2.05, 4.69) is 5.10 Å². The van der Waals surface area contributed by atoms with Crippen LogP contribution in [-0.2, 0) is 24.3 Å². The topological polar surface area (TPSA) is 70.1 Å². The average Bonchev–Trinajstić information content (AvgIpc) is 2.89. The first kappa shape index (κ1) is 15.4. The summed E-state index contributed by atoms with van der Waals surface area (Å²) in [5.41, 5.74) is 8.23. The number of nitrogen functional groups attached to an aromatic ring is 1. The van der Waals surface area contributed by atoms with Gasteiger partial charge in [-0.3, -0.25) is 4.68 Å². The Labute approximate surface area is 128 Å². The van der Waals surface area contributed by atoms with Crippen molar-refractivity contribution >= 4 is 23.3 Å². The van der Waals surface area contributed by atoms with Gasteiger partial charge in [0.05, 0.1) is 17.0 Å². The first-order valence-electron chi connectivity index (χ1n) is 6.82. The minimum absolute atomic E-state index is 0.158. The van der Waals surface area contributed by atoms with E-state index in [-0.39, 0.29) is 12.2 Å². The predicted octanol–water partition coefficient (Wildman–Crippen LogP) is 3.06. The van der Waals surface area contributed by atoms with Crippen LogP contribution in [0.2, 0.25) is 5.02 Å². The maximum Gasteiger partial charge on any atom is 0.340 e. The van der Waals surface area contributed by atoms with E-state index in [4.69, 9.17) is 22.1 Å². The lowest BCUT2D eigenvalue weighted by Gasteiger charge is -2.08. The van der Waals surface area contributed by atoms with Crippen molar-refractivity contribution in [3.8, 4) is 0 Å². The second-order valence-electron chi connectivity index (χ2n) is 4.60. The lowest BCUT2D eigenvalue weighted by atomic mass is 10.2. The number of anilines is 1. The number of hydrogen-bond donors (Lipinski definition) is 1. The van der Waals surface area contributed by atoms with Gasteiger partial charge >= 0.3 is 5.97 Å². The summed E-state index contributed by atoms with van der Waals surface area (Å²) in [6.07, 6.45) is 0.842. The molecule has 1 aromatic heterocycles. The maximum atomic E-state index is 12.1. The molecule has 0 radical (unpaired) electrons. The summed E-state index contributed by atoms with van der Waals surface area (Å²) < 4.78 is 7.14. The molecule has 0 bridgehead atoms. The molecule has 0 atom stereocenters. The van der Waals surface area contributed by atoms with Gasteiger partial charge in [0.1, 0.15) is 6.61 Å². The third-order valence-corrected chi connectivity index (χ3v) is 3.40. The lowest BCUT2D eigenvalue weighted by molar-refractivity contribution is 0.0463. The number of carbonyl (C=O) groups excluding carboxylic acids is 1. The van der Waals surface area contributed by atoms with Gasteiger partial charge in [0, 0.05) is 17.3 Å². The minimum Gasteiger partial charge on any atom is -0.456 e. The molecule has 1 aromatic carbocycles. The van der Waals surface area contributed by atoms with Gasteiger partial charge in [-0.1, -0.05) is 18.5 Å². The van der Waals surface area contributed by atoms with Gasteiger partial charge < -0.3 is 10.5 Å². The third-order valence-electron chi connectivity index (χ3n) is 3.16. The van der Waals surface area contributed by atoms with Crippen LogP contribution in [-0.4, -0.2) is 15.7 Å². The highest BCUT2D eigenvalue weighted by molar-refractivity contribution is 6.31. The summed E-state index contributed by atoms with van der Waals surface area (Å²) in [5, 5.41) is 4.86. The first-order valence-corrected chi connectivity index (χ1v) is 7.20. The molecule has 0 saturated carbocycles. The van der Waals surface area contributed by atoms with Gasteiger partial charge in [0.25, 0.3) is 0 Å². The molecule has 2 rings (SSSR count). The van der Waals surface area contributed by atoms with Gasteiger partial charge in [-0.05, 0) is 37.6 Å². The lowest BCUT2D eigenvalue weighted by Crippen LogP contribution is -2.11. The van der Waals surface area contributed by atoms with Gasteiger partial charge in [0.15, 0.2) is 0 Å². The maximum absolute atomic E-state index is 12.1. The van der Waals surface area contributed by atoms with Crippen LogP contribution in [0.15, 0.2) is 24.3 Å². The number of benzene rings is 1. The summed E-state index contributed by atoms with van der Waals surface area (Å²) in [6.45, 7) is 4.91. The fourth-order valence-electron chi connectivity index (χ4n) is 2.00. The molecule has 6 heteroatoms. The molecule has 0 aliphatic carbocycles. The summed E-state index contributed by atoms with van der Waals surface area (Å²) in [6, 6.07) is 6.67. The molecule has 0 saturated heterocycles. The number of carbonyl (C=O) groups is 1. The zero-order valence-corrected chi connectivity index (χ0v) is 12.9. The van der Waals surface area contributed by atoms with E-state index < -0.39 is 5.97 Å². The Morgan fingerprint density at radius 1 is 1.38 bits per heavy atom. The number of aryl methyl sites for hydroxylation is 2. The number of aromatic nitrogens is 2. The van der Waals surface area contributed by atoms with Gasteiger partial charge in [-0.2, -0.15) is 5.10 Å². The number of nitrogens with zero attached hydrogens (tertiary/aromatic N) is 2. The standard InChI is InChI=1S/C15H18ClN3O2/c1-3-11-8-12(19(4-2)18-11)9-21-15(20)13-7-10(16)5-6-14(13)17/h5-8H,3-4,9,17H2,1-2H3. The SMILES string of the molecule is CCc1cc(COC(=O)c2cc(Cl)ccc2N)n(CC)n1. The van der Waals surface area contributed by atoms with E-state index >= 15 is 0 Å². The van der Waals surface area contributed by atoms with Gasteiger partial charge in [-0.25, -0.2) is 4.79 Å². The Bertz CT molecular complexity index is 652. The number of halogens is 1. The van der Waals surface area contributed by atoms with E-state index in [9.17, 15) is 4.79 Å². The molecule has 0 unspecified atom stereocenters. The van der Waals surface area contributed by atoms with E-state index in [0.29, 0.717) is 10.7 Å². The molecule has 1 heterocycles. The Morgan fingerprint density at radius 2 is 2.14 bits per heavy atom.